The summed E-state index contributed by atoms with van der Waals surface area (Å²) in [5, 5.41) is 0. The molecule has 2 atom stereocenters. The number of hydrogen-bond donors (Lipinski definition) is 1. The van der Waals surface area contributed by atoms with E-state index in [2.05, 4.69) is 52.1 Å². The fourth-order valence-electron chi connectivity index (χ4n) is 2.60. The molecule has 0 aliphatic carbocycles. The topological polar surface area (TPSA) is 29.3 Å². The molecular formula is C13H19BrN2. The Labute approximate surface area is 106 Å². The molecular weight excluding hydrogens is 264 g/mol. The van der Waals surface area contributed by atoms with Crippen molar-refractivity contribution < 1.29 is 0 Å². The largest absolute Gasteiger partial charge is 0.330 e. The summed E-state index contributed by atoms with van der Waals surface area (Å²) >= 11 is 3.48. The molecule has 0 spiro atoms. The first kappa shape index (κ1) is 12.1. The fraction of sp³-hybridized carbons (Fsp3) is 0.538. The third-order valence-electron chi connectivity index (χ3n) is 3.54. The van der Waals surface area contributed by atoms with Crippen LogP contribution >= 0.6 is 15.9 Å². The summed E-state index contributed by atoms with van der Waals surface area (Å²) in [6.45, 7) is 3.08. The smallest absolute Gasteiger partial charge is 0.0175 e. The van der Waals surface area contributed by atoms with Gasteiger partial charge in [0.05, 0.1) is 0 Å². The second-order valence-corrected chi connectivity index (χ2v) is 5.62. The van der Waals surface area contributed by atoms with Crippen molar-refractivity contribution in [1.29, 1.82) is 0 Å². The molecule has 1 fully saturated rings. The minimum Gasteiger partial charge on any atom is -0.330 e. The van der Waals surface area contributed by atoms with Crippen molar-refractivity contribution in [3.63, 3.8) is 0 Å². The highest BCUT2D eigenvalue weighted by Crippen LogP contribution is 2.32. The molecule has 0 bridgehead atoms. The van der Waals surface area contributed by atoms with Crippen LogP contribution < -0.4 is 5.73 Å². The number of benzene rings is 1. The molecule has 0 saturated carbocycles. The highest BCUT2D eigenvalue weighted by Gasteiger charge is 2.27. The average molecular weight is 283 g/mol. The summed E-state index contributed by atoms with van der Waals surface area (Å²) in [5.74, 6) is 1.23. The minimum atomic E-state index is 0.597. The van der Waals surface area contributed by atoms with Crippen LogP contribution in [0.3, 0.4) is 0 Å². The van der Waals surface area contributed by atoms with Crippen LogP contribution in [-0.2, 0) is 0 Å². The van der Waals surface area contributed by atoms with Gasteiger partial charge in [0.15, 0.2) is 0 Å². The van der Waals surface area contributed by atoms with E-state index in [0.717, 1.165) is 17.6 Å². The van der Waals surface area contributed by atoms with E-state index in [1.165, 1.54) is 18.5 Å². The van der Waals surface area contributed by atoms with Crippen LogP contribution in [0.1, 0.15) is 17.9 Å². The molecule has 2 N–H and O–H groups in total. The van der Waals surface area contributed by atoms with Crippen molar-refractivity contribution in [2.45, 2.75) is 12.3 Å². The zero-order chi connectivity index (χ0) is 11.5. The summed E-state index contributed by atoms with van der Waals surface area (Å²) in [6.07, 6.45) is 1.22. The van der Waals surface area contributed by atoms with Crippen LogP contribution in [0.5, 0.6) is 0 Å². The van der Waals surface area contributed by atoms with Gasteiger partial charge >= 0.3 is 0 Å². The van der Waals surface area contributed by atoms with Gasteiger partial charge in [0.1, 0.15) is 0 Å². The standard InChI is InChI=1S/C13H19BrN2/c1-16-7-6-13(11(8-15)9-16)10-2-4-12(14)5-3-10/h2-5,11,13H,6-9,15H2,1H3. The summed E-state index contributed by atoms with van der Waals surface area (Å²) in [5.41, 5.74) is 7.32. The van der Waals surface area contributed by atoms with Crippen LogP contribution in [0.4, 0.5) is 0 Å². The molecule has 3 heteroatoms. The van der Waals surface area contributed by atoms with Crippen LogP contribution in [0.25, 0.3) is 0 Å². The van der Waals surface area contributed by atoms with Gasteiger partial charge in [-0.15, -0.1) is 0 Å². The van der Waals surface area contributed by atoms with E-state index in [1.54, 1.807) is 0 Å². The van der Waals surface area contributed by atoms with Gasteiger partial charge in [-0.05, 0) is 56.1 Å². The Kier molecular flexibility index (Phi) is 4.00. The Morgan fingerprint density at radius 1 is 1.38 bits per heavy atom. The van der Waals surface area contributed by atoms with E-state index in [-0.39, 0.29) is 0 Å². The predicted molar refractivity (Wildman–Crippen MR) is 71.5 cm³/mol. The van der Waals surface area contributed by atoms with Crippen LogP contribution in [0.2, 0.25) is 0 Å². The lowest BCUT2D eigenvalue weighted by Crippen LogP contribution is -2.40. The van der Waals surface area contributed by atoms with Gasteiger partial charge in [0.25, 0.3) is 0 Å². The van der Waals surface area contributed by atoms with Crippen molar-refractivity contribution in [3.05, 3.63) is 34.3 Å². The Morgan fingerprint density at radius 2 is 2.06 bits per heavy atom. The maximum atomic E-state index is 5.89. The molecule has 1 aliphatic heterocycles. The molecule has 1 saturated heterocycles. The summed E-state index contributed by atoms with van der Waals surface area (Å²) in [4.78, 5) is 2.38. The molecule has 1 aromatic carbocycles. The van der Waals surface area contributed by atoms with Gasteiger partial charge in [-0.25, -0.2) is 0 Å². The van der Waals surface area contributed by atoms with E-state index >= 15 is 0 Å². The molecule has 88 valence electrons. The van der Waals surface area contributed by atoms with Crippen molar-refractivity contribution in [1.82, 2.24) is 4.90 Å². The lowest BCUT2D eigenvalue weighted by atomic mass is 9.81. The van der Waals surface area contributed by atoms with E-state index in [9.17, 15) is 0 Å². The van der Waals surface area contributed by atoms with Crippen molar-refractivity contribution in [3.8, 4) is 0 Å². The molecule has 1 heterocycles. The van der Waals surface area contributed by atoms with Crippen molar-refractivity contribution in [2.24, 2.45) is 11.7 Å². The van der Waals surface area contributed by atoms with Gasteiger partial charge in [-0.1, -0.05) is 28.1 Å². The maximum Gasteiger partial charge on any atom is 0.0175 e. The number of piperidine rings is 1. The Balaban J connectivity index is 2.15. The Bertz CT molecular complexity index is 336. The molecule has 0 radical (unpaired) electrons. The number of halogens is 1. The van der Waals surface area contributed by atoms with Crippen molar-refractivity contribution in [2.75, 3.05) is 26.7 Å². The molecule has 16 heavy (non-hydrogen) atoms. The van der Waals surface area contributed by atoms with E-state index in [4.69, 9.17) is 5.73 Å². The van der Waals surface area contributed by atoms with E-state index in [1.807, 2.05) is 0 Å². The van der Waals surface area contributed by atoms with Gasteiger partial charge in [-0.2, -0.15) is 0 Å². The summed E-state index contributed by atoms with van der Waals surface area (Å²) in [6, 6.07) is 8.70. The lowest BCUT2D eigenvalue weighted by molar-refractivity contribution is 0.188. The highest BCUT2D eigenvalue weighted by molar-refractivity contribution is 9.10. The van der Waals surface area contributed by atoms with Gasteiger partial charge in [0, 0.05) is 11.0 Å². The summed E-state index contributed by atoms with van der Waals surface area (Å²) in [7, 11) is 2.18. The van der Waals surface area contributed by atoms with Crippen LogP contribution in [-0.4, -0.2) is 31.6 Å². The first-order valence-corrected chi connectivity index (χ1v) is 6.64. The fourth-order valence-corrected chi connectivity index (χ4v) is 2.87. The number of rotatable bonds is 2. The van der Waals surface area contributed by atoms with Crippen molar-refractivity contribution >= 4 is 15.9 Å². The summed E-state index contributed by atoms with van der Waals surface area (Å²) < 4.78 is 1.15. The van der Waals surface area contributed by atoms with E-state index < -0.39 is 0 Å². The van der Waals surface area contributed by atoms with Gasteiger partial charge in [0.2, 0.25) is 0 Å². The molecule has 2 rings (SSSR count). The molecule has 2 nitrogen and oxygen atoms in total. The Hall–Kier alpha value is -0.380. The number of hydrogen-bond acceptors (Lipinski definition) is 2. The second kappa shape index (κ2) is 5.30. The quantitative estimate of drug-likeness (QED) is 0.903. The molecule has 2 unspecified atom stereocenters. The second-order valence-electron chi connectivity index (χ2n) is 4.70. The first-order chi connectivity index (χ1) is 7.70. The van der Waals surface area contributed by atoms with E-state index in [0.29, 0.717) is 11.8 Å². The SMILES string of the molecule is CN1CCC(c2ccc(Br)cc2)C(CN)C1. The maximum absolute atomic E-state index is 5.89. The van der Waals surface area contributed by atoms with Crippen LogP contribution in [0.15, 0.2) is 28.7 Å². The third-order valence-corrected chi connectivity index (χ3v) is 4.07. The monoisotopic (exact) mass is 282 g/mol. The Morgan fingerprint density at radius 3 is 2.69 bits per heavy atom. The number of nitrogens with two attached hydrogens (primary N) is 1. The average Bonchev–Trinajstić information content (AvgIpc) is 2.30. The normalized spacial score (nSPS) is 26.9. The highest BCUT2D eigenvalue weighted by atomic mass is 79.9. The zero-order valence-electron chi connectivity index (χ0n) is 9.70. The number of likely N-dealkylation sites (tertiary alicyclic amines) is 1. The third kappa shape index (κ3) is 2.65. The molecule has 1 aliphatic rings. The van der Waals surface area contributed by atoms with Crippen LogP contribution in [0, 0.1) is 5.92 Å². The van der Waals surface area contributed by atoms with Gasteiger partial charge < -0.3 is 10.6 Å². The number of nitrogens with zero attached hydrogens (tertiary/aromatic N) is 1. The minimum absolute atomic E-state index is 0.597. The van der Waals surface area contributed by atoms with Gasteiger partial charge in [-0.3, -0.25) is 0 Å². The lowest BCUT2D eigenvalue weighted by Gasteiger charge is -2.36. The first-order valence-electron chi connectivity index (χ1n) is 5.85. The predicted octanol–water partition coefficient (Wildman–Crippen LogP) is 2.44. The molecule has 0 aromatic heterocycles. The molecule has 1 aromatic rings. The zero-order valence-corrected chi connectivity index (χ0v) is 11.3. The molecule has 0 amide bonds.